The summed E-state index contributed by atoms with van der Waals surface area (Å²) in [5.41, 5.74) is 4.25. The largest absolute Gasteiger partial charge is 0.286 e. The zero-order valence-corrected chi connectivity index (χ0v) is 17.9. The van der Waals surface area contributed by atoms with Crippen molar-refractivity contribution in [2.45, 2.75) is 31.3 Å². The van der Waals surface area contributed by atoms with E-state index in [0.29, 0.717) is 17.9 Å². The van der Waals surface area contributed by atoms with Crippen molar-refractivity contribution in [3.8, 4) is 0 Å². The van der Waals surface area contributed by atoms with E-state index < -0.39 is 5.92 Å². The van der Waals surface area contributed by atoms with Crippen LogP contribution in [0.5, 0.6) is 0 Å². The molecule has 0 N–H and O–H groups in total. The van der Waals surface area contributed by atoms with E-state index in [4.69, 9.17) is 0 Å². The van der Waals surface area contributed by atoms with Crippen LogP contribution in [0.4, 0.5) is 0 Å². The van der Waals surface area contributed by atoms with Crippen molar-refractivity contribution in [1.29, 1.82) is 0 Å². The van der Waals surface area contributed by atoms with Crippen LogP contribution in [-0.2, 0) is 21.1 Å². The Hall–Kier alpha value is -2.04. The first-order valence-corrected chi connectivity index (χ1v) is 11.3. The van der Waals surface area contributed by atoms with Crippen LogP contribution in [0.2, 0.25) is 0 Å². The van der Waals surface area contributed by atoms with E-state index in [2.05, 4.69) is 13.2 Å². The fourth-order valence-electron chi connectivity index (χ4n) is 2.63. The van der Waals surface area contributed by atoms with Gasteiger partial charge in [-0.3, -0.25) is 9.59 Å². The molecule has 0 bridgehead atoms. The zero-order valence-electron chi connectivity index (χ0n) is 16.2. The molecule has 0 heterocycles. The minimum atomic E-state index is -0.542. The Morgan fingerprint density at radius 2 is 1.21 bits per heavy atom. The molecular formula is C24H26O2S2. The molecule has 28 heavy (non-hydrogen) atoms. The Morgan fingerprint density at radius 3 is 1.54 bits per heavy atom. The van der Waals surface area contributed by atoms with Gasteiger partial charge in [-0.1, -0.05) is 111 Å². The minimum Gasteiger partial charge on any atom is -0.286 e. The molecule has 2 aromatic rings. The molecule has 0 atom stereocenters. The predicted octanol–water partition coefficient (Wildman–Crippen LogP) is 6.61. The van der Waals surface area contributed by atoms with Gasteiger partial charge in [0, 0.05) is 11.5 Å². The van der Waals surface area contributed by atoms with Crippen molar-refractivity contribution >= 4 is 45.9 Å². The summed E-state index contributed by atoms with van der Waals surface area (Å²) in [7, 11) is 0. The summed E-state index contributed by atoms with van der Waals surface area (Å²) < 4.78 is 0. The Labute approximate surface area is 176 Å². The lowest BCUT2D eigenvalue weighted by Gasteiger charge is -2.13. The third-order valence-corrected chi connectivity index (χ3v) is 6.43. The summed E-state index contributed by atoms with van der Waals surface area (Å²) in [6.07, 6.45) is 4.99. The predicted molar refractivity (Wildman–Crippen MR) is 124 cm³/mol. The third kappa shape index (κ3) is 6.84. The number of thioether (sulfide) groups is 2. The van der Waals surface area contributed by atoms with Crippen LogP contribution >= 0.6 is 23.5 Å². The zero-order chi connectivity index (χ0) is 20.4. The van der Waals surface area contributed by atoms with Gasteiger partial charge >= 0.3 is 0 Å². The van der Waals surface area contributed by atoms with Crippen LogP contribution in [0.25, 0.3) is 12.2 Å². The van der Waals surface area contributed by atoms with E-state index >= 15 is 0 Å². The van der Waals surface area contributed by atoms with Crippen LogP contribution in [0.15, 0.2) is 61.7 Å². The van der Waals surface area contributed by atoms with Gasteiger partial charge in [-0.05, 0) is 28.7 Å². The maximum absolute atomic E-state index is 12.7. The number of hydrogen-bond acceptors (Lipinski definition) is 4. The van der Waals surface area contributed by atoms with E-state index in [-0.39, 0.29) is 10.2 Å². The summed E-state index contributed by atoms with van der Waals surface area (Å²) in [5, 5.41) is -0.0664. The normalized spacial score (nSPS) is 10.6. The molecule has 2 aromatic carbocycles. The first-order chi connectivity index (χ1) is 13.6. The monoisotopic (exact) mass is 410 g/mol. The highest BCUT2D eigenvalue weighted by Gasteiger charge is 2.26. The fourth-order valence-corrected chi connectivity index (χ4v) is 4.56. The molecule has 0 unspecified atom stereocenters. The molecule has 0 amide bonds. The van der Waals surface area contributed by atoms with Gasteiger partial charge in [0.15, 0.2) is 0 Å². The van der Waals surface area contributed by atoms with Crippen molar-refractivity contribution in [2.75, 3.05) is 0 Å². The van der Waals surface area contributed by atoms with Crippen LogP contribution in [0, 0.1) is 5.92 Å². The number of carbonyl (C=O) groups excluding carboxylic acids is 2. The highest BCUT2D eigenvalue weighted by atomic mass is 32.2. The van der Waals surface area contributed by atoms with E-state index in [9.17, 15) is 9.59 Å². The first-order valence-electron chi connectivity index (χ1n) is 9.33. The van der Waals surface area contributed by atoms with Crippen molar-refractivity contribution in [3.63, 3.8) is 0 Å². The average molecular weight is 411 g/mol. The second-order valence-electron chi connectivity index (χ2n) is 6.45. The van der Waals surface area contributed by atoms with Gasteiger partial charge in [0.2, 0.25) is 10.2 Å². The quantitative estimate of drug-likeness (QED) is 0.413. The molecule has 0 aromatic heterocycles. The minimum absolute atomic E-state index is 0.0332. The third-order valence-electron chi connectivity index (χ3n) is 4.34. The topological polar surface area (TPSA) is 34.1 Å². The van der Waals surface area contributed by atoms with Gasteiger partial charge in [0.05, 0.1) is 5.92 Å². The second-order valence-corrected chi connectivity index (χ2v) is 8.41. The lowest BCUT2D eigenvalue weighted by Crippen LogP contribution is -2.19. The maximum Gasteiger partial charge on any atom is 0.200 e. The molecule has 2 rings (SSSR count). The summed E-state index contributed by atoms with van der Waals surface area (Å²) in [6.45, 7) is 9.49. The Balaban J connectivity index is 1.91. The molecule has 0 aliphatic heterocycles. The van der Waals surface area contributed by atoms with Crippen molar-refractivity contribution in [3.05, 3.63) is 83.9 Å². The number of carbonyl (C=O) groups is 2. The fraction of sp³-hybridized carbons (Fsp3) is 0.250. The van der Waals surface area contributed by atoms with Crippen LogP contribution in [-0.4, -0.2) is 10.2 Å². The highest BCUT2D eigenvalue weighted by Crippen LogP contribution is 2.27. The van der Waals surface area contributed by atoms with Gasteiger partial charge in [-0.15, -0.1) is 0 Å². The molecule has 0 saturated heterocycles. The molecular weight excluding hydrogens is 384 g/mol. The molecule has 0 saturated carbocycles. The lowest BCUT2D eigenvalue weighted by molar-refractivity contribution is -0.123. The van der Waals surface area contributed by atoms with Gasteiger partial charge in [-0.2, -0.15) is 0 Å². The van der Waals surface area contributed by atoms with Crippen molar-refractivity contribution in [2.24, 2.45) is 5.92 Å². The molecule has 2 nitrogen and oxygen atoms in total. The van der Waals surface area contributed by atoms with E-state index in [1.165, 1.54) is 23.5 Å². The van der Waals surface area contributed by atoms with Crippen LogP contribution in [0.3, 0.4) is 0 Å². The van der Waals surface area contributed by atoms with Gasteiger partial charge in [-0.25, -0.2) is 0 Å². The average Bonchev–Trinajstić information content (AvgIpc) is 2.74. The SMILES string of the molecule is C=Cc1ccc(CSC(=O)C(CCC)C(=O)SCc2ccc(C=C)cc2)cc1. The second kappa shape index (κ2) is 11.7. The van der Waals surface area contributed by atoms with Gasteiger partial charge < -0.3 is 0 Å². The summed E-state index contributed by atoms with van der Waals surface area (Å²) in [5.74, 6) is 0.620. The summed E-state index contributed by atoms with van der Waals surface area (Å²) >= 11 is 2.47. The van der Waals surface area contributed by atoms with Gasteiger partial charge in [0.1, 0.15) is 0 Å². The van der Waals surface area contributed by atoms with Gasteiger partial charge in [0.25, 0.3) is 0 Å². The van der Waals surface area contributed by atoms with E-state index in [0.717, 1.165) is 28.7 Å². The molecule has 4 heteroatoms. The van der Waals surface area contributed by atoms with Crippen molar-refractivity contribution in [1.82, 2.24) is 0 Å². The molecule has 146 valence electrons. The Morgan fingerprint density at radius 1 is 0.821 bits per heavy atom. The molecule has 0 aliphatic carbocycles. The lowest BCUT2D eigenvalue weighted by atomic mass is 10.1. The van der Waals surface area contributed by atoms with E-state index in [1.807, 2.05) is 55.5 Å². The summed E-state index contributed by atoms with van der Waals surface area (Å²) in [4.78, 5) is 25.3. The number of benzene rings is 2. The van der Waals surface area contributed by atoms with Crippen molar-refractivity contribution < 1.29 is 9.59 Å². The molecule has 0 fully saturated rings. The van der Waals surface area contributed by atoms with Crippen LogP contribution in [0.1, 0.15) is 42.0 Å². The number of rotatable bonds is 10. The van der Waals surface area contributed by atoms with E-state index in [1.54, 1.807) is 12.2 Å². The smallest absolute Gasteiger partial charge is 0.200 e. The highest BCUT2D eigenvalue weighted by molar-refractivity contribution is 8.15. The van der Waals surface area contributed by atoms with Crippen LogP contribution < -0.4 is 0 Å². The molecule has 0 spiro atoms. The summed E-state index contributed by atoms with van der Waals surface area (Å²) in [6, 6.07) is 15.9. The first kappa shape index (κ1) is 22.3. The maximum atomic E-state index is 12.7. The Kier molecular flexibility index (Phi) is 9.32. The molecule has 0 aliphatic rings. The number of hydrogen-bond donors (Lipinski definition) is 0. The molecule has 0 radical (unpaired) electrons. The standard InChI is InChI=1S/C24H26O2S2/c1-4-7-22(23(25)27-16-20-12-8-18(5-2)9-13-20)24(26)28-17-21-14-10-19(6-3)11-15-21/h5-6,8-15,22H,2-4,7,16-17H2,1H3. The Bertz CT molecular complexity index is 740.